The van der Waals surface area contributed by atoms with E-state index in [1.165, 1.54) is 0 Å². The lowest BCUT2D eigenvalue weighted by atomic mass is 10.1. The van der Waals surface area contributed by atoms with Crippen molar-refractivity contribution < 1.29 is 28.5 Å². The molecule has 37 heavy (non-hydrogen) atoms. The van der Waals surface area contributed by atoms with Gasteiger partial charge in [0.05, 0.1) is 12.7 Å². The van der Waals surface area contributed by atoms with E-state index in [4.69, 9.17) is 43.4 Å². The van der Waals surface area contributed by atoms with Gasteiger partial charge in [-0.15, -0.1) is 0 Å². The van der Waals surface area contributed by atoms with Crippen LogP contribution in [-0.2, 0) is 19.1 Å². The van der Waals surface area contributed by atoms with E-state index in [1.54, 1.807) is 12.2 Å². The zero-order valence-corrected chi connectivity index (χ0v) is 21.8. The van der Waals surface area contributed by atoms with Crippen LogP contribution in [0.2, 0.25) is 0 Å². The van der Waals surface area contributed by atoms with Crippen LogP contribution in [0.5, 0.6) is 11.5 Å². The van der Waals surface area contributed by atoms with E-state index in [-0.39, 0.29) is 39.8 Å². The predicted octanol–water partition coefficient (Wildman–Crippen LogP) is 4.64. The van der Waals surface area contributed by atoms with Crippen molar-refractivity contribution >= 4 is 58.8 Å². The van der Waals surface area contributed by atoms with Gasteiger partial charge in [0.1, 0.15) is 11.5 Å². The zero-order valence-electron chi connectivity index (χ0n) is 20.2. The standard InChI is InChI=1S/C27H26N2O6S2/c1-2-19(33-21-12-8-18(9-13-21)16-23-25(31)29-27(37)35-23)5-3-4-14-32-20-10-6-17(7-11-20)15-22-24(30)28-26(36)34-22/h6-13,15-16,19H,2-5,14H2,1H3,(H,28,30,36)(H,29,31,37)/b22-15+,23-16+. The highest BCUT2D eigenvalue weighted by Crippen LogP contribution is 2.21. The summed E-state index contributed by atoms with van der Waals surface area (Å²) >= 11 is 9.66. The smallest absolute Gasteiger partial charge is 0.294 e. The summed E-state index contributed by atoms with van der Waals surface area (Å²) in [6, 6.07) is 14.9. The number of unbranched alkanes of at least 4 members (excludes halogenated alkanes) is 1. The molecule has 0 bridgehead atoms. The third kappa shape index (κ3) is 7.61. The molecule has 2 amide bonds. The van der Waals surface area contributed by atoms with E-state index < -0.39 is 0 Å². The Bertz CT molecular complexity index is 1240. The SMILES string of the molecule is CCC(CCCCOc1ccc(/C=C2/OC(=S)NC2=O)cc1)Oc1ccc(/C=C2/OC(=S)NC2=O)cc1. The van der Waals surface area contributed by atoms with Gasteiger partial charge in [0.15, 0.2) is 11.5 Å². The Hall–Kier alpha value is -3.76. The molecular formula is C27H26N2O6S2. The first-order chi connectivity index (χ1) is 17.9. The third-order valence-corrected chi connectivity index (χ3v) is 5.96. The second-order valence-corrected chi connectivity index (χ2v) is 9.08. The molecule has 2 saturated heterocycles. The first-order valence-electron chi connectivity index (χ1n) is 11.9. The Morgan fingerprint density at radius 2 is 1.32 bits per heavy atom. The summed E-state index contributed by atoms with van der Waals surface area (Å²) < 4.78 is 22.3. The molecule has 2 heterocycles. The molecule has 0 radical (unpaired) electrons. The molecule has 0 spiro atoms. The molecule has 0 aliphatic carbocycles. The Morgan fingerprint density at radius 3 is 1.78 bits per heavy atom. The van der Waals surface area contributed by atoms with E-state index in [9.17, 15) is 9.59 Å². The highest BCUT2D eigenvalue weighted by atomic mass is 32.1. The summed E-state index contributed by atoms with van der Waals surface area (Å²) in [5, 5.41) is 4.99. The van der Waals surface area contributed by atoms with Gasteiger partial charge in [-0.2, -0.15) is 0 Å². The van der Waals surface area contributed by atoms with E-state index in [0.717, 1.165) is 48.3 Å². The van der Waals surface area contributed by atoms with Gasteiger partial charge in [-0.3, -0.25) is 20.2 Å². The van der Waals surface area contributed by atoms with Crippen molar-refractivity contribution in [1.29, 1.82) is 0 Å². The number of hydrogen-bond acceptors (Lipinski definition) is 8. The minimum Gasteiger partial charge on any atom is -0.494 e. The number of rotatable bonds is 11. The van der Waals surface area contributed by atoms with Crippen LogP contribution in [0.15, 0.2) is 60.0 Å². The second kappa shape index (κ2) is 12.5. The molecule has 192 valence electrons. The van der Waals surface area contributed by atoms with E-state index in [1.807, 2.05) is 48.5 Å². The van der Waals surface area contributed by atoms with Crippen molar-refractivity contribution in [2.75, 3.05) is 6.61 Å². The molecule has 2 aromatic carbocycles. The topological polar surface area (TPSA) is 95.1 Å². The molecular weight excluding hydrogens is 512 g/mol. The lowest BCUT2D eigenvalue weighted by Crippen LogP contribution is -2.18. The predicted molar refractivity (Wildman–Crippen MR) is 147 cm³/mol. The average Bonchev–Trinajstić information content (AvgIpc) is 3.37. The molecule has 2 aliphatic rings. The second-order valence-electron chi connectivity index (χ2n) is 8.33. The third-order valence-electron chi connectivity index (χ3n) is 5.59. The Morgan fingerprint density at radius 1 is 0.811 bits per heavy atom. The highest BCUT2D eigenvalue weighted by molar-refractivity contribution is 7.80. The first-order valence-corrected chi connectivity index (χ1v) is 12.7. The fourth-order valence-corrected chi connectivity index (χ4v) is 4.02. The first kappa shape index (κ1) is 26.3. The van der Waals surface area contributed by atoms with E-state index >= 15 is 0 Å². The van der Waals surface area contributed by atoms with Crippen LogP contribution in [0.25, 0.3) is 12.2 Å². The summed E-state index contributed by atoms with van der Waals surface area (Å²) in [7, 11) is 0. The molecule has 1 atom stereocenters. The largest absolute Gasteiger partial charge is 0.494 e. The minimum atomic E-state index is -0.343. The number of thiocarbonyl (C=S) groups is 2. The van der Waals surface area contributed by atoms with Crippen molar-refractivity contribution in [1.82, 2.24) is 10.6 Å². The number of hydrogen-bond donors (Lipinski definition) is 2. The summed E-state index contributed by atoms with van der Waals surface area (Å²) in [6.45, 7) is 2.70. The molecule has 0 aromatic heterocycles. The van der Waals surface area contributed by atoms with Gasteiger partial charge in [0, 0.05) is 0 Å². The summed E-state index contributed by atoms with van der Waals surface area (Å²) in [5.41, 5.74) is 1.63. The van der Waals surface area contributed by atoms with Crippen molar-refractivity contribution in [2.24, 2.45) is 0 Å². The van der Waals surface area contributed by atoms with Gasteiger partial charge in [-0.1, -0.05) is 31.2 Å². The molecule has 2 aliphatic heterocycles. The molecule has 8 nitrogen and oxygen atoms in total. The van der Waals surface area contributed by atoms with Crippen LogP contribution < -0.4 is 20.1 Å². The van der Waals surface area contributed by atoms with Gasteiger partial charge in [-0.05, 0) is 97.7 Å². The molecule has 1 unspecified atom stereocenters. The van der Waals surface area contributed by atoms with Gasteiger partial charge >= 0.3 is 0 Å². The quantitative estimate of drug-likeness (QED) is 0.243. The molecule has 10 heteroatoms. The van der Waals surface area contributed by atoms with Crippen LogP contribution in [-0.4, -0.2) is 34.9 Å². The summed E-state index contributed by atoms with van der Waals surface area (Å²) in [6.07, 6.45) is 7.03. The van der Waals surface area contributed by atoms with Crippen molar-refractivity contribution in [2.45, 2.75) is 38.7 Å². The number of carbonyl (C=O) groups excluding carboxylic acids is 2. The maximum absolute atomic E-state index is 11.7. The lowest BCUT2D eigenvalue weighted by Gasteiger charge is -2.18. The zero-order chi connectivity index (χ0) is 26.2. The Labute approximate surface area is 225 Å². The fraction of sp³-hybridized carbons (Fsp3) is 0.259. The molecule has 2 fully saturated rings. The van der Waals surface area contributed by atoms with E-state index in [0.29, 0.717) is 6.61 Å². The van der Waals surface area contributed by atoms with Gasteiger partial charge in [0.25, 0.3) is 22.2 Å². The molecule has 2 N–H and O–H groups in total. The maximum Gasteiger partial charge on any atom is 0.294 e. The number of benzene rings is 2. The van der Waals surface area contributed by atoms with Gasteiger partial charge in [-0.25, -0.2) is 0 Å². The van der Waals surface area contributed by atoms with Crippen molar-refractivity contribution in [3.05, 3.63) is 71.2 Å². The average molecular weight is 539 g/mol. The highest BCUT2D eigenvalue weighted by Gasteiger charge is 2.23. The number of nitrogens with one attached hydrogen (secondary N) is 2. The van der Waals surface area contributed by atoms with Crippen LogP contribution >= 0.6 is 24.4 Å². The normalized spacial score (nSPS) is 17.9. The maximum atomic E-state index is 11.7. The van der Waals surface area contributed by atoms with Crippen LogP contribution in [0.1, 0.15) is 43.7 Å². The lowest BCUT2D eigenvalue weighted by molar-refractivity contribution is -0.117. The number of amides is 2. The fourth-order valence-electron chi connectivity index (χ4n) is 3.65. The van der Waals surface area contributed by atoms with Crippen LogP contribution in [0.3, 0.4) is 0 Å². The molecule has 4 rings (SSSR count). The molecule has 2 aromatic rings. The van der Waals surface area contributed by atoms with Crippen LogP contribution in [0, 0.1) is 0 Å². The molecule has 0 saturated carbocycles. The van der Waals surface area contributed by atoms with Gasteiger partial charge in [0.2, 0.25) is 0 Å². The summed E-state index contributed by atoms with van der Waals surface area (Å²) in [4.78, 5) is 23.4. The Balaban J connectivity index is 1.17. The van der Waals surface area contributed by atoms with Gasteiger partial charge < -0.3 is 18.9 Å². The monoisotopic (exact) mass is 538 g/mol. The number of ether oxygens (including phenoxy) is 4. The minimum absolute atomic E-state index is 0.0651. The Kier molecular flexibility index (Phi) is 8.86. The van der Waals surface area contributed by atoms with Crippen LogP contribution in [0.4, 0.5) is 0 Å². The summed E-state index contributed by atoms with van der Waals surface area (Å²) in [5.74, 6) is 1.20. The number of carbonyl (C=O) groups is 2. The van der Waals surface area contributed by atoms with Crippen molar-refractivity contribution in [3.63, 3.8) is 0 Å². The van der Waals surface area contributed by atoms with E-state index in [2.05, 4.69) is 17.6 Å². The van der Waals surface area contributed by atoms with Crippen molar-refractivity contribution in [3.8, 4) is 11.5 Å².